The Kier molecular flexibility index (Phi) is 5.90. The standard InChI is InChI=1S/C21H17N3O6/c1-13-16(20(25)23(9-10-29-2)21(26)17(13)12-22)11-14-7-8-19(30-14)15-5-3-4-6-18(15)24(27)28/h3-8,11H,9-10H2,1-2H3/b16-11+. The van der Waals surface area contributed by atoms with Gasteiger partial charge in [-0.1, -0.05) is 12.1 Å². The number of nitriles is 1. The average Bonchev–Trinajstić information content (AvgIpc) is 3.20. The lowest BCUT2D eigenvalue weighted by Crippen LogP contribution is -2.44. The lowest BCUT2D eigenvalue weighted by Gasteiger charge is -2.26. The first-order valence-electron chi connectivity index (χ1n) is 8.90. The maximum atomic E-state index is 12.8. The molecule has 2 aromatic rings. The van der Waals surface area contributed by atoms with Gasteiger partial charge in [0.2, 0.25) is 0 Å². The van der Waals surface area contributed by atoms with Crippen molar-refractivity contribution in [3.63, 3.8) is 0 Å². The van der Waals surface area contributed by atoms with Crippen molar-refractivity contribution in [2.24, 2.45) is 0 Å². The number of carbonyl (C=O) groups is 2. The zero-order chi connectivity index (χ0) is 21.8. The number of nitrogens with zero attached hydrogens (tertiary/aromatic N) is 3. The zero-order valence-corrected chi connectivity index (χ0v) is 16.2. The fraction of sp³-hybridized carbons (Fsp3) is 0.190. The summed E-state index contributed by atoms with van der Waals surface area (Å²) in [6, 6.07) is 11.1. The van der Waals surface area contributed by atoms with Crippen LogP contribution < -0.4 is 0 Å². The van der Waals surface area contributed by atoms with Crippen LogP contribution in [0.25, 0.3) is 17.4 Å². The molecule has 9 heteroatoms. The number of furan rings is 1. The summed E-state index contributed by atoms with van der Waals surface area (Å²) in [5.41, 5.74) is 0.418. The summed E-state index contributed by atoms with van der Waals surface area (Å²) in [6.45, 7) is 1.65. The summed E-state index contributed by atoms with van der Waals surface area (Å²) in [5.74, 6) is -0.734. The largest absolute Gasteiger partial charge is 0.456 e. The van der Waals surface area contributed by atoms with Crippen molar-refractivity contribution in [3.05, 3.63) is 69.0 Å². The second-order valence-electron chi connectivity index (χ2n) is 6.40. The molecule has 2 heterocycles. The van der Waals surface area contributed by atoms with Crippen LogP contribution in [0.2, 0.25) is 0 Å². The molecule has 0 aliphatic carbocycles. The van der Waals surface area contributed by atoms with Crippen LogP contribution in [0.5, 0.6) is 0 Å². The van der Waals surface area contributed by atoms with E-state index in [-0.39, 0.29) is 47.1 Å². The first kappa shape index (κ1) is 20.7. The number of nitro groups is 1. The molecule has 0 fully saturated rings. The maximum Gasteiger partial charge on any atom is 0.280 e. The van der Waals surface area contributed by atoms with Gasteiger partial charge in [0.05, 0.1) is 23.6 Å². The molecule has 0 saturated heterocycles. The number of rotatable bonds is 6. The van der Waals surface area contributed by atoms with Gasteiger partial charge in [-0.05, 0) is 36.8 Å². The van der Waals surface area contributed by atoms with Gasteiger partial charge >= 0.3 is 0 Å². The highest BCUT2D eigenvalue weighted by Gasteiger charge is 2.35. The lowest BCUT2D eigenvalue weighted by molar-refractivity contribution is -0.384. The number of hydrogen-bond donors (Lipinski definition) is 0. The molecule has 0 saturated carbocycles. The van der Waals surface area contributed by atoms with E-state index >= 15 is 0 Å². The summed E-state index contributed by atoms with van der Waals surface area (Å²) in [4.78, 5) is 37.0. The van der Waals surface area contributed by atoms with Crippen molar-refractivity contribution in [3.8, 4) is 17.4 Å². The molecular weight excluding hydrogens is 390 g/mol. The molecule has 0 atom stereocenters. The molecule has 1 aliphatic rings. The van der Waals surface area contributed by atoms with Gasteiger partial charge in [-0.2, -0.15) is 5.26 Å². The van der Waals surface area contributed by atoms with E-state index in [1.54, 1.807) is 30.3 Å². The number of nitro benzene ring substituents is 1. The topological polar surface area (TPSA) is 127 Å². The second kappa shape index (κ2) is 8.55. The monoisotopic (exact) mass is 407 g/mol. The SMILES string of the molecule is COCCN1C(=O)C(C#N)=C(C)/C(=C\c2ccc(-c3ccccc3[N+](=O)[O-])o2)C1=O. The second-order valence-corrected chi connectivity index (χ2v) is 6.40. The van der Waals surface area contributed by atoms with Gasteiger partial charge in [0, 0.05) is 18.7 Å². The summed E-state index contributed by atoms with van der Waals surface area (Å²) in [6.07, 6.45) is 1.42. The molecule has 0 bridgehead atoms. The molecule has 1 aliphatic heterocycles. The van der Waals surface area contributed by atoms with Crippen LogP contribution in [-0.4, -0.2) is 41.9 Å². The van der Waals surface area contributed by atoms with Gasteiger partial charge in [-0.3, -0.25) is 24.6 Å². The first-order chi connectivity index (χ1) is 14.4. The van der Waals surface area contributed by atoms with Gasteiger partial charge in [-0.25, -0.2) is 0 Å². The lowest BCUT2D eigenvalue weighted by atomic mass is 9.95. The van der Waals surface area contributed by atoms with Crippen molar-refractivity contribution in [1.29, 1.82) is 5.26 Å². The van der Waals surface area contributed by atoms with Crippen LogP contribution in [0.15, 0.2) is 57.5 Å². The molecule has 0 unspecified atom stereocenters. The Hall–Kier alpha value is -4.03. The van der Waals surface area contributed by atoms with Crippen molar-refractivity contribution in [2.75, 3.05) is 20.3 Å². The molecule has 9 nitrogen and oxygen atoms in total. The summed E-state index contributed by atoms with van der Waals surface area (Å²) < 4.78 is 10.6. The Balaban J connectivity index is 2.03. The Morgan fingerprint density at radius 1 is 1.23 bits per heavy atom. The third-order valence-electron chi connectivity index (χ3n) is 4.62. The Bertz CT molecular complexity index is 1140. The average molecular weight is 407 g/mol. The summed E-state index contributed by atoms with van der Waals surface area (Å²) in [5, 5.41) is 20.6. The van der Waals surface area contributed by atoms with E-state index in [2.05, 4.69) is 0 Å². The smallest absolute Gasteiger partial charge is 0.280 e. The number of benzene rings is 1. The Labute approximate surface area is 171 Å². The van der Waals surface area contributed by atoms with Crippen molar-refractivity contribution in [2.45, 2.75) is 6.92 Å². The van der Waals surface area contributed by atoms with Crippen LogP contribution in [0.4, 0.5) is 5.69 Å². The van der Waals surface area contributed by atoms with E-state index < -0.39 is 16.7 Å². The number of ether oxygens (including phenoxy) is 1. The summed E-state index contributed by atoms with van der Waals surface area (Å²) in [7, 11) is 1.44. The number of methoxy groups -OCH3 is 1. The number of hydrogen-bond acceptors (Lipinski definition) is 7. The maximum absolute atomic E-state index is 12.8. The molecule has 1 aromatic carbocycles. The molecule has 0 N–H and O–H groups in total. The van der Waals surface area contributed by atoms with Crippen LogP contribution >= 0.6 is 0 Å². The van der Waals surface area contributed by atoms with E-state index in [4.69, 9.17) is 9.15 Å². The first-order valence-corrected chi connectivity index (χ1v) is 8.90. The molecule has 1 aromatic heterocycles. The Morgan fingerprint density at radius 2 is 1.97 bits per heavy atom. The summed E-state index contributed by atoms with van der Waals surface area (Å²) >= 11 is 0. The minimum absolute atomic E-state index is 0.00355. The molecule has 0 spiro atoms. The van der Waals surface area contributed by atoms with Crippen molar-refractivity contribution >= 4 is 23.6 Å². The van der Waals surface area contributed by atoms with E-state index in [0.717, 1.165) is 4.90 Å². The molecule has 152 valence electrons. The highest BCUT2D eigenvalue weighted by Crippen LogP contribution is 2.33. The number of imide groups is 1. The van der Waals surface area contributed by atoms with E-state index in [0.29, 0.717) is 5.56 Å². The number of carbonyl (C=O) groups excluding carboxylic acids is 2. The van der Waals surface area contributed by atoms with Crippen LogP contribution in [0.3, 0.4) is 0 Å². The fourth-order valence-corrected chi connectivity index (χ4v) is 3.07. The van der Waals surface area contributed by atoms with Crippen molar-refractivity contribution in [1.82, 2.24) is 4.90 Å². The third kappa shape index (κ3) is 3.76. The van der Waals surface area contributed by atoms with Crippen molar-refractivity contribution < 1.29 is 23.7 Å². The quantitative estimate of drug-likeness (QED) is 0.312. The number of para-hydroxylation sites is 1. The van der Waals surface area contributed by atoms with Crippen LogP contribution in [0.1, 0.15) is 12.7 Å². The Morgan fingerprint density at radius 3 is 2.63 bits per heavy atom. The zero-order valence-electron chi connectivity index (χ0n) is 16.2. The van der Waals surface area contributed by atoms with E-state index in [9.17, 15) is 25.0 Å². The molecule has 3 rings (SSSR count). The fourth-order valence-electron chi connectivity index (χ4n) is 3.07. The predicted octanol–water partition coefficient (Wildman–Crippen LogP) is 3.09. The van der Waals surface area contributed by atoms with Gasteiger partial charge in [0.1, 0.15) is 23.2 Å². The molecular formula is C21H17N3O6. The third-order valence-corrected chi connectivity index (χ3v) is 4.62. The minimum atomic E-state index is -0.672. The van der Waals surface area contributed by atoms with E-state index in [1.165, 1.54) is 26.2 Å². The van der Waals surface area contributed by atoms with Gasteiger partial charge in [0.15, 0.2) is 0 Å². The molecule has 2 amide bonds. The predicted molar refractivity (Wildman–Crippen MR) is 106 cm³/mol. The van der Waals surface area contributed by atoms with Gasteiger partial charge in [-0.15, -0.1) is 0 Å². The molecule has 30 heavy (non-hydrogen) atoms. The number of amides is 2. The van der Waals surface area contributed by atoms with Crippen LogP contribution in [0, 0.1) is 21.4 Å². The van der Waals surface area contributed by atoms with Crippen LogP contribution in [-0.2, 0) is 14.3 Å². The normalized spacial score (nSPS) is 15.6. The van der Waals surface area contributed by atoms with E-state index in [1.807, 2.05) is 6.07 Å². The highest BCUT2D eigenvalue weighted by molar-refractivity contribution is 6.19. The highest BCUT2D eigenvalue weighted by atomic mass is 16.6. The van der Waals surface area contributed by atoms with Gasteiger partial charge in [0.25, 0.3) is 17.5 Å². The minimum Gasteiger partial charge on any atom is -0.456 e. The molecule has 0 radical (unpaired) electrons. The van der Waals surface area contributed by atoms with Gasteiger partial charge < -0.3 is 9.15 Å².